The van der Waals surface area contributed by atoms with Crippen LogP contribution in [0.2, 0.25) is 0 Å². The second kappa shape index (κ2) is 9.44. The molecule has 2 saturated heterocycles. The normalized spacial score (nSPS) is 26.5. The molecule has 0 amide bonds. The van der Waals surface area contributed by atoms with E-state index in [-0.39, 0.29) is 53.7 Å². The Bertz CT molecular complexity index is 1870. The first-order valence-corrected chi connectivity index (χ1v) is 12.7. The number of nitrogen functional groups attached to an aromatic ring is 2. The van der Waals surface area contributed by atoms with Crippen LogP contribution in [-0.2, 0) is 15.9 Å². The fourth-order valence-electron chi connectivity index (χ4n) is 5.48. The summed E-state index contributed by atoms with van der Waals surface area (Å²) in [6, 6.07) is -0.392. The Hall–Kier alpha value is -4.72. The minimum absolute atomic E-state index is 0.0488. The zero-order valence-electron chi connectivity index (χ0n) is 21.2. The predicted molar refractivity (Wildman–Crippen MR) is 138 cm³/mol. The van der Waals surface area contributed by atoms with Crippen molar-refractivity contribution < 1.29 is 19.7 Å². The molecule has 0 saturated carbocycles. The van der Waals surface area contributed by atoms with Crippen molar-refractivity contribution in [3.05, 3.63) is 45.3 Å². The van der Waals surface area contributed by atoms with Crippen LogP contribution in [0.15, 0.2) is 28.4 Å². The van der Waals surface area contributed by atoms with Gasteiger partial charge in [-0.25, -0.2) is 14.6 Å². The topological polar surface area (TPSA) is 269 Å². The van der Waals surface area contributed by atoms with E-state index in [1.165, 1.54) is 12.7 Å². The Morgan fingerprint density at radius 3 is 2.12 bits per heavy atom. The Morgan fingerprint density at radius 2 is 1.51 bits per heavy atom. The number of hydrogen-bond acceptors (Lipinski definition) is 14. The maximum absolute atomic E-state index is 12.2. The van der Waals surface area contributed by atoms with Gasteiger partial charge in [0.1, 0.15) is 18.6 Å². The predicted octanol–water partition coefficient (Wildman–Crippen LogP) is -2.28. The molecule has 19 nitrogen and oxygen atoms in total. The quantitative estimate of drug-likeness (QED) is 0.126. The Balaban J connectivity index is 1.08. The summed E-state index contributed by atoms with van der Waals surface area (Å²) in [6.45, 7) is -0.286. The van der Waals surface area contributed by atoms with Crippen molar-refractivity contribution in [2.75, 3.05) is 18.1 Å². The number of imidazole rings is 2. The average Bonchev–Trinajstić information content (AvgIpc) is 3.74. The fraction of sp³-hybridized carbons (Fsp3) is 0.455. The largest absolute Gasteiger partial charge is 0.394 e. The number of anilines is 2. The van der Waals surface area contributed by atoms with Crippen molar-refractivity contribution in [2.45, 2.75) is 56.1 Å². The highest BCUT2D eigenvalue weighted by molar-refractivity contribution is 5.71. The highest BCUT2D eigenvalue weighted by atomic mass is 16.5. The molecule has 2 aliphatic rings. The maximum atomic E-state index is 12.2. The molecular formula is C22H25N13O6. The zero-order valence-corrected chi connectivity index (χ0v) is 21.2. The lowest BCUT2D eigenvalue weighted by Crippen LogP contribution is -2.24. The highest BCUT2D eigenvalue weighted by Gasteiger charge is 2.40. The van der Waals surface area contributed by atoms with E-state index in [0.717, 1.165) is 0 Å². The summed E-state index contributed by atoms with van der Waals surface area (Å²) in [4.78, 5) is 45.7. The fourth-order valence-corrected chi connectivity index (χ4v) is 5.48. The zero-order chi connectivity index (χ0) is 28.4. The number of aliphatic hydroxyl groups is 2. The number of ether oxygens (including phenoxy) is 2. The third-order valence-corrected chi connectivity index (χ3v) is 7.42. The third kappa shape index (κ3) is 4.22. The summed E-state index contributed by atoms with van der Waals surface area (Å²) in [7, 11) is 0. The van der Waals surface area contributed by atoms with E-state index >= 15 is 0 Å². The molecular weight excluding hydrogens is 542 g/mol. The Kier molecular flexibility index (Phi) is 5.81. The highest BCUT2D eigenvalue weighted by Crippen LogP contribution is 2.38. The number of aromatic nitrogens is 11. The van der Waals surface area contributed by atoms with Crippen LogP contribution in [0, 0.1) is 0 Å². The molecule has 7 heterocycles. The average molecular weight is 568 g/mol. The molecule has 2 fully saturated rings. The number of nitrogens with one attached hydrogen (secondary N) is 2. The number of nitrogens with zero attached hydrogens (tertiary/aromatic N) is 9. The minimum Gasteiger partial charge on any atom is -0.394 e. The number of rotatable bonds is 6. The van der Waals surface area contributed by atoms with Crippen LogP contribution >= 0.6 is 0 Å². The first kappa shape index (κ1) is 25.3. The molecule has 0 aliphatic carbocycles. The molecule has 0 radical (unpaired) electrons. The first-order chi connectivity index (χ1) is 19.8. The molecule has 5 aromatic heterocycles. The molecule has 19 heteroatoms. The lowest BCUT2D eigenvalue weighted by molar-refractivity contribution is -0.0288. The molecule has 0 unspecified atom stereocenters. The van der Waals surface area contributed by atoms with Crippen molar-refractivity contribution in [2.24, 2.45) is 0 Å². The molecule has 6 atom stereocenters. The van der Waals surface area contributed by atoms with E-state index in [2.05, 4.69) is 40.2 Å². The van der Waals surface area contributed by atoms with Crippen LogP contribution in [0.3, 0.4) is 0 Å². The van der Waals surface area contributed by atoms with E-state index in [4.69, 9.17) is 20.9 Å². The molecule has 41 heavy (non-hydrogen) atoms. The Labute approximate surface area is 227 Å². The van der Waals surface area contributed by atoms with Gasteiger partial charge in [0.05, 0.1) is 43.2 Å². The summed E-state index contributed by atoms with van der Waals surface area (Å²) in [5.74, 6) is -0.0992. The molecule has 0 spiro atoms. The van der Waals surface area contributed by atoms with Gasteiger partial charge in [-0.2, -0.15) is 9.97 Å². The number of H-pyrrole nitrogens is 2. The van der Waals surface area contributed by atoms with Crippen molar-refractivity contribution >= 4 is 34.2 Å². The SMILES string of the molecule is Nc1nc2c(ncn2[C@H]2C[C@H](O)[C@@H](Cc3cn([C@H]4C[C@H](n5cnc6c(=O)[nH]c(N)nc65)O[C@@H]4CO)nn3)O2)c(=O)[nH]1. The van der Waals surface area contributed by atoms with Gasteiger partial charge in [-0.1, -0.05) is 5.21 Å². The number of hydrogen-bond donors (Lipinski definition) is 6. The van der Waals surface area contributed by atoms with E-state index in [1.807, 2.05) is 0 Å². The van der Waals surface area contributed by atoms with Gasteiger partial charge >= 0.3 is 0 Å². The Morgan fingerprint density at radius 1 is 0.927 bits per heavy atom. The number of aromatic amines is 2. The van der Waals surface area contributed by atoms with Gasteiger partial charge in [0.15, 0.2) is 22.3 Å². The van der Waals surface area contributed by atoms with Crippen molar-refractivity contribution in [3.8, 4) is 0 Å². The van der Waals surface area contributed by atoms with Crippen LogP contribution in [0.1, 0.15) is 37.0 Å². The summed E-state index contributed by atoms with van der Waals surface area (Å²) in [5, 5.41) is 29.2. The molecule has 0 aromatic carbocycles. The summed E-state index contributed by atoms with van der Waals surface area (Å²) < 4.78 is 16.9. The van der Waals surface area contributed by atoms with Crippen molar-refractivity contribution in [1.29, 1.82) is 0 Å². The lowest BCUT2D eigenvalue weighted by atomic mass is 10.1. The van der Waals surface area contributed by atoms with Crippen LogP contribution in [-0.4, -0.2) is 89.2 Å². The summed E-state index contributed by atoms with van der Waals surface area (Å²) >= 11 is 0. The molecule has 8 N–H and O–H groups in total. The van der Waals surface area contributed by atoms with E-state index in [0.29, 0.717) is 12.1 Å². The van der Waals surface area contributed by atoms with Crippen molar-refractivity contribution in [3.63, 3.8) is 0 Å². The molecule has 7 rings (SSSR count). The second-order valence-corrected chi connectivity index (χ2v) is 9.99. The van der Waals surface area contributed by atoms with Gasteiger partial charge in [0.2, 0.25) is 11.9 Å². The molecule has 2 aliphatic heterocycles. The van der Waals surface area contributed by atoms with Crippen LogP contribution in [0.4, 0.5) is 11.9 Å². The van der Waals surface area contributed by atoms with Gasteiger partial charge in [-0.3, -0.25) is 28.7 Å². The van der Waals surface area contributed by atoms with Gasteiger partial charge in [0, 0.05) is 25.5 Å². The van der Waals surface area contributed by atoms with E-state index < -0.39 is 47.9 Å². The van der Waals surface area contributed by atoms with Gasteiger partial charge < -0.3 is 31.2 Å². The van der Waals surface area contributed by atoms with Gasteiger partial charge in [0.25, 0.3) is 11.1 Å². The van der Waals surface area contributed by atoms with Crippen LogP contribution in [0.25, 0.3) is 22.3 Å². The van der Waals surface area contributed by atoms with Crippen molar-refractivity contribution in [1.82, 2.24) is 54.0 Å². The molecule has 214 valence electrons. The smallest absolute Gasteiger partial charge is 0.280 e. The molecule has 5 aromatic rings. The lowest BCUT2D eigenvalue weighted by Gasteiger charge is -2.16. The molecule has 0 bridgehead atoms. The van der Waals surface area contributed by atoms with E-state index in [9.17, 15) is 19.8 Å². The second-order valence-electron chi connectivity index (χ2n) is 9.99. The number of fused-ring (bicyclic) bond motifs is 2. The van der Waals surface area contributed by atoms with Gasteiger partial charge in [-0.05, 0) is 0 Å². The standard InChI is InChI=1S/C22H25N13O6/c23-21-27-17-15(19(38)29-21)25-6-33(17)13-2-9(12(5-36)41-13)35-4-8(31-32-35)1-11-10(37)3-14(40-11)34-7-26-16-18(34)28-22(24)30-20(16)39/h4,6-7,9-14,36-37H,1-3,5H2,(H3,23,27,29,38)(H3,24,28,30,39)/t9-,10-,11+,12+,13+,14+/m0/s1. The van der Waals surface area contributed by atoms with Gasteiger partial charge in [-0.15, -0.1) is 5.10 Å². The monoisotopic (exact) mass is 567 g/mol. The van der Waals surface area contributed by atoms with Crippen LogP contribution in [0.5, 0.6) is 0 Å². The number of nitrogens with two attached hydrogens (primary N) is 2. The summed E-state index contributed by atoms with van der Waals surface area (Å²) in [5.41, 5.74) is 11.8. The first-order valence-electron chi connectivity index (χ1n) is 12.7. The summed E-state index contributed by atoms with van der Waals surface area (Å²) in [6.07, 6.45) is 2.17. The minimum atomic E-state index is -0.830. The van der Waals surface area contributed by atoms with Crippen LogP contribution < -0.4 is 22.6 Å². The maximum Gasteiger partial charge on any atom is 0.280 e. The third-order valence-electron chi connectivity index (χ3n) is 7.42. The van der Waals surface area contributed by atoms with E-state index in [1.54, 1.807) is 20.0 Å². The number of aliphatic hydroxyl groups excluding tert-OH is 2.